The number of benzene rings is 1. The minimum absolute atomic E-state index is 0.0924. The Balaban J connectivity index is 2.10. The third-order valence-electron chi connectivity index (χ3n) is 3.40. The molecule has 0 spiro atoms. The van der Waals surface area contributed by atoms with E-state index in [2.05, 4.69) is 10.1 Å². The Morgan fingerprint density at radius 2 is 1.95 bits per heavy atom. The monoisotopic (exact) mass is 335 g/mol. The Bertz CT molecular complexity index is 822. The first-order valence-electron chi connectivity index (χ1n) is 6.19. The van der Waals surface area contributed by atoms with Gasteiger partial charge in [-0.2, -0.15) is 13.8 Å². The molecule has 3 rings (SSSR count). The van der Waals surface area contributed by atoms with Crippen molar-refractivity contribution >= 4 is 9.84 Å². The van der Waals surface area contributed by atoms with Gasteiger partial charge in [-0.25, -0.2) is 21.9 Å². The molecule has 0 radical (unpaired) electrons. The maximum Gasteiger partial charge on any atom is 0.344 e. The topological polar surface area (TPSA) is 64.8 Å². The van der Waals surface area contributed by atoms with E-state index in [-0.39, 0.29) is 12.0 Å². The molecule has 0 saturated carbocycles. The van der Waals surface area contributed by atoms with Crippen molar-refractivity contribution in [3.8, 4) is 0 Å². The molecule has 1 aliphatic heterocycles. The van der Waals surface area contributed by atoms with Crippen molar-refractivity contribution in [3.63, 3.8) is 0 Å². The lowest BCUT2D eigenvalue weighted by atomic mass is 10.0. The summed E-state index contributed by atoms with van der Waals surface area (Å²) in [5, 5.41) is 2.31. The van der Waals surface area contributed by atoms with Crippen LogP contribution < -0.4 is 0 Å². The molecule has 0 aliphatic carbocycles. The molecule has 2 aromatic rings. The Morgan fingerprint density at radius 1 is 1.27 bits per heavy atom. The van der Waals surface area contributed by atoms with Crippen molar-refractivity contribution in [3.05, 3.63) is 41.5 Å². The fraction of sp³-hybridized carbons (Fsp3) is 0.333. The highest BCUT2D eigenvalue weighted by Crippen LogP contribution is 2.40. The van der Waals surface area contributed by atoms with Gasteiger partial charge < -0.3 is 0 Å². The number of halogens is 4. The zero-order valence-corrected chi connectivity index (χ0v) is 11.6. The van der Waals surface area contributed by atoms with Gasteiger partial charge in [0.2, 0.25) is 0 Å². The third-order valence-corrected chi connectivity index (χ3v) is 4.55. The van der Waals surface area contributed by atoms with Gasteiger partial charge in [-0.05, 0) is 6.07 Å². The Morgan fingerprint density at radius 3 is 2.59 bits per heavy atom. The van der Waals surface area contributed by atoms with Gasteiger partial charge >= 0.3 is 5.76 Å². The molecule has 0 amide bonds. The van der Waals surface area contributed by atoms with E-state index in [0.717, 1.165) is 10.7 Å². The lowest BCUT2D eigenvalue weighted by Gasteiger charge is -2.12. The van der Waals surface area contributed by atoms with Gasteiger partial charge in [0, 0.05) is 12.0 Å². The largest absolute Gasteiger partial charge is 0.344 e. The van der Waals surface area contributed by atoms with Crippen LogP contribution in [0.3, 0.4) is 0 Å². The summed E-state index contributed by atoms with van der Waals surface area (Å²) in [6, 6.07) is 4.59. The van der Waals surface area contributed by atoms with Crippen molar-refractivity contribution < 1.29 is 26.0 Å². The summed E-state index contributed by atoms with van der Waals surface area (Å²) >= 11 is 0. The summed E-state index contributed by atoms with van der Waals surface area (Å²) in [7, 11) is -5.03. The van der Waals surface area contributed by atoms with E-state index in [4.69, 9.17) is 0 Å². The van der Waals surface area contributed by atoms with Gasteiger partial charge in [0.05, 0.1) is 6.04 Å². The van der Waals surface area contributed by atoms with Crippen LogP contribution >= 0.6 is 0 Å². The van der Waals surface area contributed by atoms with Crippen LogP contribution in [0.1, 0.15) is 30.0 Å². The first-order chi connectivity index (χ1) is 10.3. The summed E-state index contributed by atoms with van der Waals surface area (Å²) in [6.07, 6.45) is -1.90. The lowest BCUT2D eigenvalue weighted by Crippen LogP contribution is -2.15. The Labute approximate surface area is 122 Å². The molecule has 5 nitrogen and oxygen atoms in total. The van der Waals surface area contributed by atoms with Crippen molar-refractivity contribution in [2.24, 2.45) is 0 Å². The molecule has 2 atom stereocenters. The minimum atomic E-state index is -5.03. The molecule has 0 fully saturated rings. The molecule has 0 unspecified atom stereocenters. The molecule has 0 saturated heterocycles. The number of hydrogen-bond donors (Lipinski definition) is 0. The summed E-state index contributed by atoms with van der Waals surface area (Å²) in [6.45, 7) is 0. The zero-order valence-electron chi connectivity index (χ0n) is 10.8. The van der Waals surface area contributed by atoms with E-state index in [1.165, 1.54) is 18.2 Å². The van der Waals surface area contributed by atoms with E-state index < -0.39 is 44.6 Å². The van der Waals surface area contributed by atoms with E-state index in [0.29, 0.717) is 0 Å². The van der Waals surface area contributed by atoms with Crippen LogP contribution in [0.2, 0.25) is 0 Å². The van der Waals surface area contributed by atoms with E-state index in [9.17, 15) is 26.0 Å². The molecule has 10 heteroatoms. The van der Waals surface area contributed by atoms with Crippen molar-refractivity contribution in [1.82, 2.24) is 14.8 Å². The van der Waals surface area contributed by atoms with E-state index in [1.54, 1.807) is 0 Å². The zero-order chi connectivity index (χ0) is 16.1. The van der Waals surface area contributed by atoms with E-state index >= 15 is 0 Å². The predicted molar refractivity (Wildman–Crippen MR) is 66.2 cm³/mol. The van der Waals surface area contributed by atoms with Crippen molar-refractivity contribution in [2.45, 2.75) is 29.5 Å². The van der Waals surface area contributed by atoms with Crippen LogP contribution in [-0.2, 0) is 9.84 Å². The van der Waals surface area contributed by atoms with Crippen LogP contribution in [0, 0.1) is 5.82 Å². The highest BCUT2D eigenvalue weighted by molar-refractivity contribution is 7.91. The molecular formula is C12H9F4N3O2S. The van der Waals surface area contributed by atoms with Gasteiger partial charge in [0.25, 0.3) is 15.0 Å². The van der Waals surface area contributed by atoms with Crippen LogP contribution in [0.5, 0.6) is 0 Å². The second kappa shape index (κ2) is 5.04. The average Bonchev–Trinajstić information content (AvgIpc) is 3.01. The lowest BCUT2D eigenvalue weighted by molar-refractivity contribution is 0.233. The molecule has 1 aromatic heterocycles. The first-order valence-corrected chi connectivity index (χ1v) is 7.74. The number of alkyl halides is 3. The van der Waals surface area contributed by atoms with Crippen LogP contribution in [0.4, 0.5) is 17.6 Å². The molecule has 22 heavy (non-hydrogen) atoms. The van der Waals surface area contributed by atoms with Crippen LogP contribution in [-0.4, -0.2) is 28.9 Å². The third kappa shape index (κ3) is 2.18. The summed E-state index contributed by atoms with van der Waals surface area (Å²) in [5.74, 6) is -4.73. The first kappa shape index (κ1) is 14.9. The molecule has 0 bridgehead atoms. The van der Waals surface area contributed by atoms with Crippen molar-refractivity contribution in [2.75, 3.05) is 0 Å². The number of nitrogens with zero attached hydrogens (tertiary/aromatic N) is 3. The molecule has 118 valence electrons. The van der Waals surface area contributed by atoms with Gasteiger partial charge in [-0.15, -0.1) is 5.10 Å². The fourth-order valence-electron chi connectivity index (χ4n) is 2.36. The smallest absolute Gasteiger partial charge is 0.239 e. The fourth-order valence-corrected chi connectivity index (χ4v) is 2.95. The Kier molecular flexibility index (Phi) is 3.42. The quantitative estimate of drug-likeness (QED) is 0.808. The van der Waals surface area contributed by atoms with Crippen LogP contribution in [0.25, 0.3) is 0 Å². The maximum absolute atomic E-state index is 14.0. The summed E-state index contributed by atoms with van der Waals surface area (Å²) in [4.78, 5) is 3.36. The molecule has 1 aromatic carbocycles. The second-order valence-corrected chi connectivity index (χ2v) is 6.55. The number of rotatable bonds is 3. The van der Waals surface area contributed by atoms with Crippen LogP contribution in [0.15, 0.2) is 29.4 Å². The van der Waals surface area contributed by atoms with Gasteiger partial charge in [0.1, 0.15) is 5.82 Å². The number of sulfone groups is 1. The average molecular weight is 335 g/mol. The van der Waals surface area contributed by atoms with Gasteiger partial charge in [-0.3, -0.25) is 0 Å². The minimum Gasteiger partial charge on any atom is -0.239 e. The van der Waals surface area contributed by atoms with Gasteiger partial charge in [-0.1, -0.05) is 18.2 Å². The second-order valence-electron chi connectivity index (χ2n) is 4.74. The normalized spacial score (nSPS) is 21.3. The molecule has 1 aliphatic rings. The number of hydrogen-bond acceptors (Lipinski definition) is 4. The molecule has 0 N–H and O–H groups in total. The van der Waals surface area contributed by atoms with E-state index in [1.807, 2.05) is 0 Å². The number of aromatic nitrogens is 3. The van der Waals surface area contributed by atoms with Crippen molar-refractivity contribution in [1.29, 1.82) is 0 Å². The molecular weight excluding hydrogens is 326 g/mol. The summed E-state index contributed by atoms with van der Waals surface area (Å²) in [5.41, 5.74) is 0.0924. The highest BCUT2D eigenvalue weighted by Gasteiger charge is 2.40. The molecule has 2 heterocycles. The number of fused-ring (bicyclic) bond motifs is 1. The van der Waals surface area contributed by atoms with Gasteiger partial charge in [0.15, 0.2) is 12.0 Å². The Hall–Kier alpha value is -1.97. The summed E-state index contributed by atoms with van der Waals surface area (Å²) < 4.78 is 76.4. The maximum atomic E-state index is 14.0. The standard InChI is InChI=1S/C12H9F4N3O2S/c13-7-4-2-1-3-6(7)9-5-8(14)10-17-12(18-19(9)10)22(20,21)11(15)16/h1-4,8-9,11H,5H2/t8-,9-/m0/s1. The highest BCUT2D eigenvalue weighted by atomic mass is 32.2. The predicted octanol–water partition coefficient (Wildman–Crippen LogP) is 2.42. The SMILES string of the molecule is O=S(=O)(c1nc2n(n1)[C@H](c1ccccc1F)C[C@@H]2F)C(F)F.